The van der Waals surface area contributed by atoms with Gasteiger partial charge >= 0.3 is 0 Å². The first kappa shape index (κ1) is 34.4. The molecule has 1 unspecified atom stereocenters. The number of allylic oxidation sites excluding steroid dienone is 1. The summed E-state index contributed by atoms with van der Waals surface area (Å²) in [5.74, 6) is 1.67. The first-order valence-electron chi connectivity index (χ1n) is 16.0. The molecule has 38 heavy (non-hydrogen) atoms. The number of nitrogens with zero attached hydrogens (tertiary/aromatic N) is 3. The van der Waals surface area contributed by atoms with Crippen LogP contribution in [0.5, 0.6) is 0 Å². The van der Waals surface area contributed by atoms with Gasteiger partial charge in [0, 0.05) is 19.4 Å². The van der Waals surface area contributed by atoms with Gasteiger partial charge in [-0.2, -0.15) is 5.21 Å². The Hall–Kier alpha value is -1.66. The van der Waals surface area contributed by atoms with Crippen molar-refractivity contribution < 1.29 is 4.79 Å². The Balaban J connectivity index is 1.75. The number of nitrogens with one attached hydrogen (secondary N) is 2. The molecule has 0 spiro atoms. The van der Waals surface area contributed by atoms with Crippen LogP contribution < -0.4 is 5.32 Å². The van der Waals surface area contributed by atoms with Gasteiger partial charge in [0.25, 0.3) is 0 Å². The second kappa shape index (κ2) is 25.6. The van der Waals surface area contributed by atoms with Gasteiger partial charge in [0.2, 0.25) is 5.91 Å². The summed E-state index contributed by atoms with van der Waals surface area (Å²) in [5, 5.41) is 17.2. The second-order valence-corrected chi connectivity index (χ2v) is 11.2. The van der Waals surface area contributed by atoms with Crippen LogP contribution in [0.25, 0.3) is 0 Å². The Morgan fingerprint density at radius 2 is 1.39 bits per heavy atom. The van der Waals surface area contributed by atoms with Crippen LogP contribution in [0.3, 0.4) is 0 Å². The van der Waals surface area contributed by atoms with Crippen molar-refractivity contribution >= 4 is 13.8 Å². The van der Waals surface area contributed by atoms with Gasteiger partial charge < -0.3 is 5.32 Å². The Morgan fingerprint density at radius 3 is 1.95 bits per heavy atom. The molecular formula is C31H58BN5O. The van der Waals surface area contributed by atoms with Crippen molar-refractivity contribution in [2.24, 2.45) is 5.92 Å². The van der Waals surface area contributed by atoms with Crippen LogP contribution in [0.2, 0.25) is 6.32 Å². The van der Waals surface area contributed by atoms with Crippen molar-refractivity contribution in [2.75, 3.05) is 6.54 Å². The van der Waals surface area contributed by atoms with E-state index in [1.54, 1.807) is 0 Å². The standard InChI is InChI=1S/C31H58BN5O/c1-3-29(27-32)23-18-19-26-33-31(38)25-20-22-28(2)21-16-14-12-10-8-6-4-5-7-9-11-13-15-17-24-30-34-36-37-35-30/h29H,2-27H2,1H3,(H,33,38)(H,34,35,36,37). The number of rotatable bonds is 28. The molecule has 1 amide bonds. The summed E-state index contributed by atoms with van der Waals surface area (Å²) in [7, 11) is 5.75. The molecule has 1 atom stereocenters. The number of carbonyl (C=O) groups excluding carboxylic acids is 1. The molecule has 0 bridgehead atoms. The number of H-pyrrole nitrogens is 1. The molecule has 0 saturated carbocycles. The van der Waals surface area contributed by atoms with Crippen LogP contribution in [0.15, 0.2) is 12.2 Å². The second-order valence-electron chi connectivity index (χ2n) is 11.2. The molecule has 2 N–H and O–H groups in total. The minimum Gasteiger partial charge on any atom is -0.356 e. The third kappa shape index (κ3) is 21.3. The summed E-state index contributed by atoms with van der Waals surface area (Å²) in [4.78, 5) is 12.0. The van der Waals surface area contributed by atoms with E-state index in [-0.39, 0.29) is 5.91 Å². The maximum Gasteiger partial charge on any atom is 0.220 e. The Bertz CT molecular complexity index is 663. The fourth-order valence-electron chi connectivity index (χ4n) is 5.05. The first-order valence-corrected chi connectivity index (χ1v) is 16.0. The van der Waals surface area contributed by atoms with E-state index >= 15 is 0 Å². The highest BCUT2D eigenvalue weighted by atomic mass is 16.1. The van der Waals surface area contributed by atoms with Gasteiger partial charge in [-0.3, -0.25) is 4.79 Å². The molecule has 0 aliphatic heterocycles. The summed E-state index contributed by atoms with van der Waals surface area (Å²) < 4.78 is 0. The molecule has 7 heteroatoms. The smallest absolute Gasteiger partial charge is 0.220 e. The molecule has 0 aliphatic rings. The average molecular weight is 528 g/mol. The van der Waals surface area contributed by atoms with Crippen molar-refractivity contribution in [1.29, 1.82) is 0 Å². The lowest BCUT2D eigenvalue weighted by atomic mass is 9.86. The van der Waals surface area contributed by atoms with Gasteiger partial charge in [0.05, 0.1) is 7.85 Å². The molecule has 1 rings (SSSR count). The largest absolute Gasteiger partial charge is 0.356 e. The minimum atomic E-state index is 0.192. The molecule has 0 aromatic carbocycles. The van der Waals surface area contributed by atoms with Crippen LogP contribution in [0.1, 0.15) is 154 Å². The molecule has 1 aromatic rings. The van der Waals surface area contributed by atoms with Gasteiger partial charge in [0.15, 0.2) is 5.82 Å². The molecule has 2 radical (unpaired) electrons. The van der Waals surface area contributed by atoms with Crippen LogP contribution in [-0.4, -0.2) is 40.9 Å². The third-order valence-corrected chi connectivity index (χ3v) is 7.78. The van der Waals surface area contributed by atoms with E-state index in [4.69, 9.17) is 7.85 Å². The third-order valence-electron chi connectivity index (χ3n) is 7.78. The van der Waals surface area contributed by atoms with E-state index in [1.807, 2.05) is 0 Å². The van der Waals surface area contributed by atoms with E-state index < -0.39 is 0 Å². The molecule has 0 aliphatic carbocycles. The number of aromatic nitrogens is 4. The van der Waals surface area contributed by atoms with Crippen LogP contribution in [0.4, 0.5) is 0 Å². The van der Waals surface area contributed by atoms with E-state index in [0.717, 1.165) is 63.6 Å². The summed E-state index contributed by atoms with van der Waals surface area (Å²) >= 11 is 0. The minimum absolute atomic E-state index is 0.192. The van der Waals surface area contributed by atoms with Gasteiger partial charge in [0.1, 0.15) is 0 Å². The van der Waals surface area contributed by atoms with Crippen molar-refractivity contribution in [2.45, 2.75) is 161 Å². The summed E-state index contributed by atoms with van der Waals surface area (Å²) in [6, 6.07) is 0. The molecule has 216 valence electrons. The highest BCUT2D eigenvalue weighted by molar-refractivity contribution is 6.08. The monoisotopic (exact) mass is 527 g/mol. The van der Waals surface area contributed by atoms with E-state index in [0.29, 0.717) is 12.3 Å². The fraction of sp³-hybridized carbons (Fsp3) is 0.871. The quantitative estimate of drug-likeness (QED) is 0.0653. The maximum atomic E-state index is 12.0. The molecular weight excluding hydrogens is 469 g/mol. The summed E-state index contributed by atoms with van der Waals surface area (Å²) in [6.07, 6.45) is 28.7. The first-order chi connectivity index (χ1) is 18.7. The van der Waals surface area contributed by atoms with Crippen LogP contribution in [0, 0.1) is 5.92 Å². The summed E-state index contributed by atoms with van der Waals surface area (Å²) in [5.41, 5.74) is 1.32. The van der Waals surface area contributed by atoms with E-state index in [2.05, 4.69) is 39.4 Å². The van der Waals surface area contributed by atoms with Gasteiger partial charge in [-0.05, 0) is 44.4 Å². The zero-order valence-corrected chi connectivity index (χ0v) is 24.8. The number of tetrazole rings is 1. The zero-order valence-electron chi connectivity index (χ0n) is 24.8. The molecule has 1 heterocycles. The van der Waals surface area contributed by atoms with Gasteiger partial charge in [-0.1, -0.05) is 127 Å². The number of aromatic amines is 1. The van der Waals surface area contributed by atoms with Crippen molar-refractivity contribution in [3.05, 3.63) is 18.0 Å². The van der Waals surface area contributed by atoms with Crippen molar-refractivity contribution in [3.63, 3.8) is 0 Å². The summed E-state index contributed by atoms with van der Waals surface area (Å²) in [6.45, 7) is 7.23. The average Bonchev–Trinajstić information content (AvgIpc) is 3.44. The molecule has 0 saturated heterocycles. The Morgan fingerprint density at radius 1 is 0.816 bits per heavy atom. The van der Waals surface area contributed by atoms with E-state index in [9.17, 15) is 4.79 Å². The number of hydrogen-bond donors (Lipinski definition) is 2. The highest BCUT2D eigenvalue weighted by Gasteiger charge is 2.05. The Labute approximate surface area is 235 Å². The normalized spacial score (nSPS) is 12.0. The number of carbonyl (C=O) groups is 1. The fourth-order valence-corrected chi connectivity index (χ4v) is 5.05. The SMILES string of the molecule is [B]CC(CC)CCCCNC(=O)CCCC(=C)CCCCCCCCCCCCCCCCc1nn[nH]n1. The Kier molecular flexibility index (Phi) is 23.2. The number of hydrogen-bond acceptors (Lipinski definition) is 4. The lowest BCUT2D eigenvalue weighted by molar-refractivity contribution is -0.121. The molecule has 1 aromatic heterocycles. The van der Waals surface area contributed by atoms with Gasteiger partial charge in [-0.15, -0.1) is 10.2 Å². The topological polar surface area (TPSA) is 83.6 Å². The number of aryl methyl sites for hydroxylation is 1. The van der Waals surface area contributed by atoms with Gasteiger partial charge in [-0.25, -0.2) is 0 Å². The van der Waals surface area contributed by atoms with Crippen LogP contribution in [-0.2, 0) is 11.2 Å². The van der Waals surface area contributed by atoms with Crippen molar-refractivity contribution in [1.82, 2.24) is 25.9 Å². The van der Waals surface area contributed by atoms with Crippen LogP contribution >= 0.6 is 0 Å². The number of unbranched alkanes of at least 4 members (excludes halogenated alkanes) is 14. The van der Waals surface area contributed by atoms with E-state index in [1.165, 1.54) is 102 Å². The lowest BCUT2D eigenvalue weighted by Gasteiger charge is -2.12. The lowest BCUT2D eigenvalue weighted by Crippen LogP contribution is -2.24. The zero-order chi connectivity index (χ0) is 27.5. The number of amides is 1. The van der Waals surface area contributed by atoms with Crippen molar-refractivity contribution in [3.8, 4) is 0 Å². The predicted molar refractivity (Wildman–Crippen MR) is 161 cm³/mol. The highest BCUT2D eigenvalue weighted by Crippen LogP contribution is 2.17. The molecule has 6 nitrogen and oxygen atoms in total. The maximum absolute atomic E-state index is 12.0. The predicted octanol–water partition coefficient (Wildman–Crippen LogP) is 8.22. The molecule has 0 fully saturated rings.